The molecule has 0 unspecified atom stereocenters. The number of carbonyl (C=O) groups is 1. The Kier molecular flexibility index (Phi) is 4.14. The van der Waals surface area contributed by atoms with Crippen molar-refractivity contribution in [2.45, 2.75) is 6.54 Å². The van der Waals surface area contributed by atoms with Gasteiger partial charge in [-0.25, -0.2) is 0 Å². The molecule has 0 fully saturated rings. The number of nitrogens with zero attached hydrogens (tertiary/aromatic N) is 2. The molecule has 0 atom stereocenters. The molecule has 2 aromatic rings. The van der Waals surface area contributed by atoms with Crippen LogP contribution in [0, 0.1) is 0 Å². The summed E-state index contributed by atoms with van der Waals surface area (Å²) in [4.78, 5) is 14.0. The molecule has 4 N–H and O–H groups in total. The van der Waals surface area contributed by atoms with Gasteiger partial charge in [0.15, 0.2) is 5.75 Å². The highest BCUT2D eigenvalue weighted by Crippen LogP contribution is 2.42. The Morgan fingerprint density at radius 2 is 2.35 bits per heavy atom. The van der Waals surface area contributed by atoms with Gasteiger partial charge in [-0.2, -0.15) is 5.10 Å². The lowest BCUT2D eigenvalue weighted by Gasteiger charge is -2.08. The number of aromatic nitrogens is 2. The largest absolute Gasteiger partial charge is 0.492 e. The van der Waals surface area contributed by atoms with Crippen molar-refractivity contribution in [3.63, 3.8) is 0 Å². The van der Waals surface area contributed by atoms with Gasteiger partial charge in [-0.15, -0.1) is 11.3 Å². The van der Waals surface area contributed by atoms with E-state index in [1.165, 1.54) is 23.3 Å². The number of methoxy groups -OCH3 is 1. The zero-order chi connectivity index (χ0) is 14.7. The second kappa shape index (κ2) is 5.83. The minimum Gasteiger partial charge on any atom is -0.492 e. The van der Waals surface area contributed by atoms with E-state index in [1.807, 2.05) is 0 Å². The van der Waals surface area contributed by atoms with Crippen molar-refractivity contribution in [1.82, 2.24) is 15.1 Å². The number of carbonyl (C=O) groups excluding carboxylic acids is 1. The van der Waals surface area contributed by atoms with E-state index < -0.39 is 0 Å². The molecule has 0 aliphatic rings. The molecular formula is C12H17N5O2S. The highest BCUT2D eigenvalue weighted by Gasteiger charge is 2.22. The normalized spacial score (nSPS) is 10.3. The van der Waals surface area contributed by atoms with Gasteiger partial charge in [0.1, 0.15) is 15.6 Å². The summed E-state index contributed by atoms with van der Waals surface area (Å²) in [7, 11) is 4.91. The van der Waals surface area contributed by atoms with E-state index in [0.29, 0.717) is 22.9 Å². The van der Waals surface area contributed by atoms with Crippen molar-refractivity contribution in [2.24, 2.45) is 0 Å². The van der Waals surface area contributed by atoms with E-state index in [1.54, 1.807) is 26.5 Å². The number of amides is 1. The van der Waals surface area contributed by atoms with Crippen LogP contribution >= 0.6 is 11.3 Å². The standard InChI is InChI=1S/C12H17N5O2S/c1-17(2)12(18)10-8(13)9(19-3)11(20-10)14-4-7-5-15-16-6-7/h5-6,14H,4,13H2,1-3H3,(H,15,16). The Hall–Kier alpha value is -2.22. The number of hydrogen-bond donors (Lipinski definition) is 3. The van der Waals surface area contributed by atoms with E-state index in [2.05, 4.69) is 15.5 Å². The van der Waals surface area contributed by atoms with Crippen molar-refractivity contribution >= 4 is 27.9 Å². The van der Waals surface area contributed by atoms with Gasteiger partial charge in [-0.1, -0.05) is 0 Å². The summed E-state index contributed by atoms with van der Waals surface area (Å²) in [6.45, 7) is 0.572. The fourth-order valence-electron chi connectivity index (χ4n) is 1.67. The first-order valence-corrected chi connectivity index (χ1v) is 6.75. The Balaban J connectivity index is 2.24. The SMILES string of the molecule is COc1c(NCc2cn[nH]c2)sc(C(=O)N(C)C)c1N. The van der Waals surface area contributed by atoms with Gasteiger partial charge in [0.2, 0.25) is 0 Å². The summed E-state index contributed by atoms with van der Waals surface area (Å²) in [5, 5.41) is 10.6. The zero-order valence-electron chi connectivity index (χ0n) is 11.6. The van der Waals surface area contributed by atoms with Gasteiger partial charge >= 0.3 is 0 Å². The van der Waals surface area contributed by atoms with E-state index in [9.17, 15) is 4.79 Å². The third kappa shape index (κ3) is 2.69. The van der Waals surface area contributed by atoms with E-state index in [0.717, 1.165) is 10.6 Å². The van der Waals surface area contributed by atoms with Crippen molar-refractivity contribution < 1.29 is 9.53 Å². The highest BCUT2D eigenvalue weighted by atomic mass is 32.1. The molecule has 2 aromatic heterocycles. The maximum atomic E-state index is 12.0. The summed E-state index contributed by atoms with van der Waals surface area (Å²) in [6.07, 6.45) is 3.52. The Labute approximate surface area is 120 Å². The predicted molar refractivity (Wildman–Crippen MR) is 79.2 cm³/mol. The van der Waals surface area contributed by atoms with Crippen molar-refractivity contribution in [1.29, 1.82) is 0 Å². The van der Waals surface area contributed by atoms with Crippen LogP contribution in [0.3, 0.4) is 0 Å². The van der Waals surface area contributed by atoms with Crippen LogP contribution in [0.4, 0.5) is 10.7 Å². The van der Waals surface area contributed by atoms with Crippen LogP contribution in [0.2, 0.25) is 0 Å². The lowest BCUT2D eigenvalue weighted by molar-refractivity contribution is 0.0833. The van der Waals surface area contributed by atoms with Crippen molar-refractivity contribution in [3.8, 4) is 5.75 Å². The van der Waals surface area contributed by atoms with Crippen LogP contribution in [-0.2, 0) is 6.54 Å². The lowest BCUT2D eigenvalue weighted by atomic mass is 10.3. The molecule has 1 amide bonds. The first-order chi connectivity index (χ1) is 9.54. The Bertz CT molecular complexity index is 591. The topological polar surface area (TPSA) is 96.3 Å². The molecule has 8 heteroatoms. The van der Waals surface area contributed by atoms with Crippen LogP contribution in [0.15, 0.2) is 12.4 Å². The number of nitrogens with two attached hydrogens (primary N) is 1. The van der Waals surface area contributed by atoms with E-state index >= 15 is 0 Å². The second-order valence-corrected chi connectivity index (χ2v) is 5.39. The van der Waals surface area contributed by atoms with E-state index in [4.69, 9.17) is 10.5 Å². The molecule has 0 spiro atoms. The summed E-state index contributed by atoms with van der Waals surface area (Å²) >= 11 is 1.29. The molecule has 0 radical (unpaired) electrons. The monoisotopic (exact) mass is 295 g/mol. The van der Waals surface area contributed by atoms with Gasteiger partial charge in [0.05, 0.1) is 13.3 Å². The molecule has 0 saturated heterocycles. The second-order valence-electron chi connectivity index (χ2n) is 4.37. The van der Waals surface area contributed by atoms with Crippen LogP contribution in [-0.4, -0.2) is 42.2 Å². The third-order valence-electron chi connectivity index (χ3n) is 2.71. The molecule has 0 saturated carbocycles. The van der Waals surface area contributed by atoms with Crippen LogP contribution in [0.5, 0.6) is 5.75 Å². The molecule has 0 aliphatic carbocycles. The molecule has 2 rings (SSSR count). The minimum absolute atomic E-state index is 0.137. The molecule has 7 nitrogen and oxygen atoms in total. The number of aromatic amines is 1. The Morgan fingerprint density at radius 3 is 2.90 bits per heavy atom. The maximum Gasteiger partial charge on any atom is 0.265 e. The molecule has 0 aliphatic heterocycles. The fraction of sp³-hybridized carbons (Fsp3) is 0.333. The minimum atomic E-state index is -0.137. The van der Waals surface area contributed by atoms with Gasteiger partial charge in [-0.05, 0) is 0 Å². The van der Waals surface area contributed by atoms with Crippen molar-refractivity contribution in [2.75, 3.05) is 32.3 Å². The maximum absolute atomic E-state index is 12.0. The number of rotatable bonds is 5. The summed E-state index contributed by atoms with van der Waals surface area (Å²) < 4.78 is 5.29. The van der Waals surface area contributed by atoms with Gasteiger partial charge in [0.25, 0.3) is 5.91 Å². The average Bonchev–Trinajstić information content (AvgIpc) is 3.03. The van der Waals surface area contributed by atoms with Crippen LogP contribution in [0.1, 0.15) is 15.2 Å². The number of H-pyrrole nitrogens is 1. The summed E-state index contributed by atoms with van der Waals surface area (Å²) in [5.41, 5.74) is 7.35. The van der Waals surface area contributed by atoms with Gasteiger partial charge in [0, 0.05) is 32.4 Å². The summed E-state index contributed by atoms with van der Waals surface area (Å²) in [5.74, 6) is 0.367. The van der Waals surface area contributed by atoms with Crippen molar-refractivity contribution in [3.05, 3.63) is 22.8 Å². The highest BCUT2D eigenvalue weighted by molar-refractivity contribution is 7.19. The first kappa shape index (κ1) is 14.2. The summed E-state index contributed by atoms with van der Waals surface area (Å²) in [6, 6.07) is 0. The number of nitrogens with one attached hydrogen (secondary N) is 2. The van der Waals surface area contributed by atoms with Crippen LogP contribution < -0.4 is 15.8 Å². The Morgan fingerprint density at radius 1 is 1.60 bits per heavy atom. The number of ether oxygens (including phenoxy) is 1. The quantitative estimate of drug-likeness (QED) is 0.774. The molecule has 108 valence electrons. The first-order valence-electron chi connectivity index (χ1n) is 5.94. The number of thiophene rings is 1. The number of nitrogen functional groups attached to an aromatic ring is 1. The predicted octanol–water partition coefficient (Wildman–Crippen LogP) is 1.38. The molecular weight excluding hydrogens is 278 g/mol. The molecule has 0 bridgehead atoms. The molecule has 20 heavy (non-hydrogen) atoms. The van der Waals surface area contributed by atoms with Gasteiger partial charge < -0.3 is 20.7 Å². The van der Waals surface area contributed by atoms with E-state index in [-0.39, 0.29) is 5.91 Å². The fourth-order valence-corrected chi connectivity index (χ4v) is 2.77. The number of hydrogen-bond acceptors (Lipinski definition) is 6. The van der Waals surface area contributed by atoms with Gasteiger partial charge in [-0.3, -0.25) is 9.89 Å². The molecule has 2 heterocycles. The molecule has 0 aromatic carbocycles. The zero-order valence-corrected chi connectivity index (χ0v) is 12.4. The smallest absolute Gasteiger partial charge is 0.265 e. The van der Waals surface area contributed by atoms with Crippen LogP contribution in [0.25, 0.3) is 0 Å². The third-order valence-corrected chi connectivity index (χ3v) is 3.84. The number of anilines is 2. The lowest BCUT2D eigenvalue weighted by Crippen LogP contribution is -2.21. The average molecular weight is 295 g/mol.